The highest BCUT2D eigenvalue weighted by Crippen LogP contribution is 2.25. The highest BCUT2D eigenvalue weighted by atomic mass is 16.1. The molecule has 0 radical (unpaired) electrons. The number of benzene rings is 1. The van der Waals surface area contributed by atoms with Crippen molar-refractivity contribution >= 4 is 5.78 Å². The van der Waals surface area contributed by atoms with E-state index < -0.39 is 0 Å². The van der Waals surface area contributed by atoms with Crippen LogP contribution in [0.3, 0.4) is 0 Å². The van der Waals surface area contributed by atoms with E-state index in [1.807, 2.05) is 6.92 Å². The van der Waals surface area contributed by atoms with Crippen LogP contribution in [0, 0.1) is 6.92 Å². The van der Waals surface area contributed by atoms with Crippen molar-refractivity contribution in [3.63, 3.8) is 0 Å². The van der Waals surface area contributed by atoms with E-state index in [1.54, 1.807) is 6.92 Å². The minimum absolute atomic E-state index is 0.187. The molecular formula is C12H14O. The van der Waals surface area contributed by atoms with Crippen molar-refractivity contribution in [2.45, 2.75) is 33.1 Å². The summed E-state index contributed by atoms with van der Waals surface area (Å²) in [7, 11) is 0. The van der Waals surface area contributed by atoms with Gasteiger partial charge >= 0.3 is 0 Å². The number of aryl methyl sites for hydroxylation is 3. The first-order valence-electron chi connectivity index (χ1n) is 4.82. The van der Waals surface area contributed by atoms with E-state index in [0.29, 0.717) is 0 Å². The fourth-order valence-corrected chi connectivity index (χ4v) is 2.13. The second-order valence-corrected chi connectivity index (χ2v) is 3.85. The molecule has 0 saturated heterocycles. The third-order valence-electron chi connectivity index (χ3n) is 2.82. The van der Waals surface area contributed by atoms with Crippen LogP contribution in [-0.4, -0.2) is 5.78 Å². The summed E-state index contributed by atoms with van der Waals surface area (Å²) in [6.07, 6.45) is 3.58. The molecule has 0 bridgehead atoms. The second kappa shape index (κ2) is 2.99. The van der Waals surface area contributed by atoms with E-state index >= 15 is 0 Å². The molecule has 1 aromatic carbocycles. The summed E-state index contributed by atoms with van der Waals surface area (Å²) >= 11 is 0. The van der Waals surface area contributed by atoms with E-state index in [9.17, 15) is 4.79 Å². The molecule has 1 aliphatic carbocycles. The number of carbonyl (C=O) groups excluding carboxylic acids is 1. The Balaban J connectivity index is 2.55. The molecule has 0 aromatic heterocycles. The zero-order chi connectivity index (χ0) is 9.42. The number of rotatable bonds is 1. The van der Waals surface area contributed by atoms with Gasteiger partial charge in [0.1, 0.15) is 0 Å². The van der Waals surface area contributed by atoms with Crippen LogP contribution < -0.4 is 0 Å². The van der Waals surface area contributed by atoms with E-state index in [2.05, 4.69) is 12.1 Å². The summed E-state index contributed by atoms with van der Waals surface area (Å²) in [5, 5.41) is 0. The molecule has 1 nitrogen and oxygen atoms in total. The Morgan fingerprint density at radius 2 is 1.85 bits per heavy atom. The Bertz CT molecular complexity index is 364. The summed E-state index contributed by atoms with van der Waals surface area (Å²) in [4.78, 5) is 11.3. The van der Waals surface area contributed by atoms with Crippen molar-refractivity contribution in [2.24, 2.45) is 0 Å². The monoisotopic (exact) mass is 174 g/mol. The van der Waals surface area contributed by atoms with Gasteiger partial charge in [-0.1, -0.05) is 6.07 Å². The predicted octanol–water partition coefficient (Wildman–Crippen LogP) is 2.69. The number of Topliss-reactive ketones (excluding diaryl/α,β-unsaturated/α-hetero) is 1. The van der Waals surface area contributed by atoms with Gasteiger partial charge in [0.05, 0.1) is 0 Å². The largest absolute Gasteiger partial charge is 0.295 e. The molecule has 2 rings (SSSR count). The van der Waals surface area contributed by atoms with Crippen LogP contribution in [0.15, 0.2) is 12.1 Å². The van der Waals surface area contributed by atoms with Crippen molar-refractivity contribution in [1.82, 2.24) is 0 Å². The summed E-state index contributed by atoms with van der Waals surface area (Å²) in [6, 6.07) is 4.26. The third kappa shape index (κ3) is 1.39. The number of carbonyl (C=O) groups is 1. The van der Waals surface area contributed by atoms with Crippen LogP contribution in [0.1, 0.15) is 40.4 Å². The zero-order valence-electron chi connectivity index (χ0n) is 8.18. The lowest BCUT2D eigenvalue weighted by Crippen LogP contribution is -1.98. The van der Waals surface area contributed by atoms with Gasteiger partial charge in [0.15, 0.2) is 5.78 Å². The fraction of sp³-hybridized carbons (Fsp3) is 0.417. The van der Waals surface area contributed by atoms with Gasteiger partial charge in [0.2, 0.25) is 0 Å². The van der Waals surface area contributed by atoms with Gasteiger partial charge < -0.3 is 0 Å². The smallest absolute Gasteiger partial charge is 0.160 e. The maximum Gasteiger partial charge on any atom is 0.160 e. The van der Waals surface area contributed by atoms with E-state index in [-0.39, 0.29) is 5.78 Å². The first kappa shape index (κ1) is 8.49. The van der Waals surface area contributed by atoms with Gasteiger partial charge in [-0.2, -0.15) is 0 Å². The van der Waals surface area contributed by atoms with E-state index in [4.69, 9.17) is 0 Å². The predicted molar refractivity (Wildman–Crippen MR) is 53.2 cm³/mol. The molecule has 0 atom stereocenters. The highest BCUT2D eigenvalue weighted by molar-refractivity contribution is 5.95. The van der Waals surface area contributed by atoms with Gasteiger partial charge in [-0.05, 0) is 55.9 Å². The summed E-state index contributed by atoms with van der Waals surface area (Å²) in [6.45, 7) is 3.67. The molecule has 0 aliphatic heterocycles. The molecule has 0 heterocycles. The summed E-state index contributed by atoms with van der Waals surface area (Å²) < 4.78 is 0. The first-order chi connectivity index (χ1) is 6.18. The summed E-state index contributed by atoms with van der Waals surface area (Å²) in [5.41, 5.74) is 4.87. The average molecular weight is 174 g/mol. The Labute approximate surface area is 78.8 Å². The van der Waals surface area contributed by atoms with Crippen molar-refractivity contribution in [1.29, 1.82) is 0 Å². The van der Waals surface area contributed by atoms with Gasteiger partial charge in [-0.3, -0.25) is 4.79 Å². The third-order valence-corrected chi connectivity index (χ3v) is 2.82. The maximum absolute atomic E-state index is 11.3. The Morgan fingerprint density at radius 3 is 2.46 bits per heavy atom. The van der Waals surface area contributed by atoms with Crippen LogP contribution in [0.2, 0.25) is 0 Å². The molecule has 0 N–H and O–H groups in total. The molecule has 1 aliphatic rings. The van der Waals surface area contributed by atoms with Crippen LogP contribution in [0.5, 0.6) is 0 Å². The number of fused-ring (bicyclic) bond motifs is 1. The number of hydrogen-bond donors (Lipinski definition) is 0. The van der Waals surface area contributed by atoms with Gasteiger partial charge in [0, 0.05) is 5.56 Å². The molecule has 0 amide bonds. The standard InChI is InChI=1S/C12H14O/c1-8-6-10-4-3-5-11(10)7-12(8)9(2)13/h6-7H,3-5H2,1-2H3. The molecule has 1 aromatic rings. The molecule has 1 heteroatoms. The van der Waals surface area contributed by atoms with Crippen LogP contribution in [-0.2, 0) is 12.8 Å². The highest BCUT2D eigenvalue weighted by Gasteiger charge is 2.14. The lowest BCUT2D eigenvalue weighted by molar-refractivity contribution is 0.101. The summed E-state index contributed by atoms with van der Waals surface area (Å²) in [5.74, 6) is 0.187. The maximum atomic E-state index is 11.3. The van der Waals surface area contributed by atoms with Crippen LogP contribution >= 0.6 is 0 Å². The Hall–Kier alpha value is -1.11. The van der Waals surface area contributed by atoms with Gasteiger partial charge in [0.25, 0.3) is 0 Å². The minimum Gasteiger partial charge on any atom is -0.295 e. The second-order valence-electron chi connectivity index (χ2n) is 3.85. The average Bonchev–Trinajstić information content (AvgIpc) is 2.48. The molecule has 0 unspecified atom stereocenters. The zero-order valence-corrected chi connectivity index (χ0v) is 8.18. The Kier molecular flexibility index (Phi) is 1.95. The number of hydrogen-bond acceptors (Lipinski definition) is 1. The van der Waals surface area contributed by atoms with Crippen molar-refractivity contribution < 1.29 is 4.79 Å². The number of ketones is 1. The van der Waals surface area contributed by atoms with Crippen molar-refractivity contribution in [3.05, 3.63) is 34.4 Å². The minimum atomic E-state index is 0.187. The van der Waals surface area contributed by atoms with Crippen LogP contribution in [0.4, 0.5) is 0 Å². The molecular weight excluding hydrogens is 160 g/mol. The fourth-order valence-electron chi connectivity index (χ4n) is 2.13. The lowest BCUT2D eigenvalue weighted by atomic mass is 9.99. The van der Waals surface area contributed by atoms with Gasteiger partial charge in [-0.25, -0.2) is 0 Å². The van der Waals surface area contributed by atoms with Crippen LogP contribution in [0.25, 0.3) is 0 Å². The molecule has 0 fully saturated rings. The molecule has 68 valence electrons. The molecule has 0 spiro atoms. The van der Waals surface area contributed by atoms with Crippen molar-refractivity contribution in [3.8, 4) is 0 Å². The normalized spacial score (nSPS) is 14.3. The lowest BCUT2D eigenvalue weighted by Gasteiger charge is -2.05. The van der Waals surface area contributed by atoms with Crippen molar-refractivity contribution in [2.75, 3.05) is 0 Å². The Morgan fingerprint density at radius 1 is 1.23 bits per heavy atom. The van der Waals surface area contributed by atoms with Gasteiger partial charge in [-0.15, -0.1) is 0 Å². The topological polar surface area (TPSA) is 17.1 Å². The quantitative estimate of drug-likeness (QED) is 0.598. The van der Waals surface area contributed by atoms with E-state index in [0.717, 1.165) is 17.5 Å². The SMILES string of the molecule is CC(=O)c1cc2c(cc1C)CCC2. The molecule has 0 saturated carbocycles. The molecule has 13 heavy (non-hydrogen) atoms. The van der Waals surface area contributed by atoms with E-state index in [1.165, 1.54) is 24.0 Å². The first-order valence-corrected chi connectivity index (χ1v) is 4.82.